The third-order valence-electron chi connectivity index (χ3n) is 3.18. The zero-order valence-corrected chi connectivity index (χ0v) is 7.72. The lowest BCUT2D eigenvalue weighted by atomic mass is 9.86. The third-order valence-corrected chi connectivity index (χ3v) is 3.18. The summed E-state index contributed by atoms with van der Waals surface area (Å²) in [6.45, 7) is 10.0. The molecule has 0 aromatic carbocycles. The van der Waals surface area contributed by atoms with Crippen molar-refractivity contribution in [2.75, 3.05) is 0 Å². The molecular weight excluding hydrogens is 136 g/mol. The second-order valence-electron chi connectivity index (χ2n) is 4.14. The molecule has 1 rings (SSSR count). The van der Waals surface area contributed by atoms with Gasteiger partial charge in [0.15, 0.2) is 0 Å². The van der Waals surface area contributed by atoms with E-state index in [4.69, 9.17) is 0 Å². The van der Waals surface area contributed by atoms with E-state index in [0.717, 1.165) is 12.8 Å². The smallest absolute Gasteiger partial charge is 0.0651 e. The first-order valence-electron chi connectivity index (χ1n) is 4.33. The molecule has 0 aromatic heterocycles. The molecule has 64 valence electrons. The molecule has 0 aliphatic heterocycles. The van der Waals surface area contributed by atoms with Crippen molar-refractivity contribution in [2.24, 2.45) is 11.8 Å². The minimum Gasteiger partial charge on any atom is -0.390 e. The van der Waals surface area contributed by atoms with E-state index in [1.807, 2.05) is 6.92 Å². The highest BCUT2D eigenvalue weighted by molar-refractivity contribution is 5.06. The van der Waals surface area contributed by atoms with Crippen molar-refractivity contribution < 1.29 is 5.11 Å². The fourth-order valence-corrected chi connectivity index (χ4v) is 2.03. The molecule has 0 aromatic rings. The monoisotopic (exact) mass is 154 g/mol. The molecule has 3 atom stereocenters. The highest BCUT2D eigenvalue weighted by Gasteiger charge is 2.40. The van der Waals surface area contributed by atoms with E-state index in [2.05, 4.69) is 20.4 Å². The van der Waals surface area contributed by atoms with Gasteiger partial charge in [-0.05, 0) is 38.5 Å². The molecule has 1 fully saturated rings. The van der Waals surface area contributed by atoms with E-state index in [-0.39, 0.29) is 0 Å². The molecule has 1 heteroatoms. The van der Waals surface area contributed by atoms with Gasteiger partial charge in [-0.15, -0.1) is 0 Å². The minimum absolute atomic E-state index is 0.375. The van der Waals surface area contributed by atoms with Crippen molar-refractivity contribution in [1.82, 2.24) is 0 Å². The molecule has 1 aliphatic carbocycles. The molecule has 1 saturated carbocycles. The first kappa shape index (κ1) is 8.79. The van der Waals surface area contributed by atoms with E-state index in [1.165, 1.54) is 5.57 Å². The average Bonchev–Trinajstić information content (AvgIpc) is 2.09. The maximum atomic E-state index is 9.84. The summed E-state index contributed by atoms with van der Waals surface area (Å²) < 4.78 is 0. The Bertz CT molecular complexity index is 170. The van der Waals surface area contributed by atoms with Crippen molar-refractivity contribution >= 4 is 0 Å². The molecule has 11 heavy (non-hydrogen) atoms. The van der Waals surface area contributed by atoms with Gasteiger partial charge in [0.1, 0.15) is 0 Å². The number of rotatable bonds is 1. The zero-order chi connectivity index (χ0) is 8.65. The lowest BCUT2D eigenvalue weighted by Crippen LogP contribution is -2.29. The van der Waals surface area contributed by atoms with Crippen LogP contribution in [0.4, 0.5) is 0 Å². The Labute approximate surface area is 69.1 Å². The quantitative estimate of drug-likeness (QED) is 0.575. The van der Waals surface area contributed by atoms with Crippen LogP contribution in [-0.4, -0.2) is 10.7 Å². The minimum atomic E-state index is -0.455. The number of hydrogen-bond acceptors (Lipinski definition) is 1. The summed E-state index contributed by atoms with van der Waals surface area (Å²) in [5.41, 5.74) is 0.763. The standard InChI is InChI=1S/C10H18O/c1-7(2)9-5-6-10(4,11)8(9)3/h8-9,11H,1,5-6H2,2-4H3/t8-,9+,10+/m1/s1. The van der Waals surface area contributed by atoms with Crippen molar-refractivity contribution in [3.8, 4) is 0 Å². The van der Waals surface area contributed by atoms with Gasteiger partial charge >= 0.3 is 0 Å². The Morgan fingerprint density at radius 2 is 2.18 bits per heavy atom. The van der Waals surface area contributed by atoms with E-state index < -0.39 is 5.60 Å². The first-order valence-corrected chi connectivity index (χ1v) is 4.33. The van der Waals surface area contributed by atoms with Gasteiger partial charge in [0.05, 0.1) is 5.60 Å². The Balaban J connectivity index is 2.71. The lowest BCUT2D eigenvalue weighted by molar-refractivity contribution is 0.0217. The van der Waals surface area contributed by atoms with Crippen LogP contribution in [0.25, 0.3) is 0 Å². The van der Waals surface area contributed by atoms with Crippen LogP contribution in [-0.2, 0) is 0 Å². The van der Waals surface area contributed by atoms with Crippen LogP contribution in [0.2, 0.25) is 0 Å². The summed E-state index contributed by atoms with van der Waals surface area (Å²) in [6, 6.07) is 0. The Hall–Kier alpha value is -0.300. The van der Waals surface area contributed by atoms with Crippen molar-refractivity contribution in [1.29, 1.82) is 0 Å². The Morgan fingerprint density at radius 3 is 2.36 bits per heavy atom. The molecule has 1 N–H and O–H groups in total. The molecule has 0 amide bonds. The van der Waals surface area contributed by atoms with Crippen molar-refractivity contribution in [2.45, 2.75) is 39.2 Å². The van der Waals surface area contributed by atoms with E-state index in [9.17, 15) is 5.11 Å². The molecule has 0 saturated heterocycles. The Morgan fingerprint density at radius 1 is 1.64 bits per heavy atom. The highest BCUT2D eigenvalue weighted by atomic mass is 16.3. The van der Waals surface area contributed by atoms with Gasteiger partial charge in [0.2, 0.25) is 0 Å². The summed E-state index contributed by atoms with van der Waals surface area (Å²) >= 11 is 0. The first-order chi connectivity index (χ1) is 4.95. The summed E-state index contributed by atoms with van der Waals surface area (Å²) in [5.74, 6) is 0.907. The predicted octanol–water partition coefficient (Wildman–Crippen LogP) is 2.36. The normalized spacial score (nSPS) is 44.4. The van der Waals surface area contributed by atoms with Crippen molar-refractivity contribution in [3.63, 3.8) is 0 Å². The second-order valence-corrected chi connectivity index (χ2v) is 4.14. The maximum Gasteiger partial charge on any atom is 0.0651 e. The fraction of sp³-hybridized carbons (Fsp3) is 0.800. The summed E-state index contributed by atoms with van der Waals surface area (Å²) in [6.07, 6.45) is 2.02. The van der Waals surface area contributed by atoms with Gasteiger partial charge in [0.25, 0.3) is 0 Å². The van der Waals surface area contributed by atoms with Crippen LogP contribution in [0, 0.1) is 11.8 Å². The fourth-order valence-electron chi connectivity index (χ4n) is 2.03. The average molecular weight is 154 g/mol. The maximum absolute atomic E-state index is 9.84. The number of aliphatic hydroxyl groups is 1. The van der Waals surface area contributed by atoms with Crippen molar-refractivity contribution in [3.05, 3.63) is 12.2 Å². The summed E-state index contributed by atoms with van der Waals surface area (Å²) in [5, 5.41) is 9.84. The molecule has 0 heterocycles. The van der Waals surface area contributed by atoms with Gasteiger partial charge in [0, 0.05) is 0 Å². The zero-order valence-electron chi connectivity index (χ0n) is 7.72. The van der Waals surface area contributed by atoms with Gasteiger partial charge in [-0.25, -0.2) is 0 Å². The predicted molar refractivity (Wildman–Crippen MR) is 47.3 cm³/mol. The van der Waals surface area contributed by atoms with E-state index >= 15 is 0 Å². The molecule has 1 nitrogen and oxygen atoms in total. The summed E-state index contributed by atoms with van der Waals surface area (Å²) in [4.78, 5) is 0. The number of allylic oxidation sites excluding steroid dienone is 1. The van der Waals surface area contributed by atoms with Gasteiger partial charge < -0.3 is 5.11 Å². The lowest BCUT2D eigenvalue weighted by Gasteiger charge is -2.25. The molecule has 0 spiro atoms. The van der Waals surface area contributed by atoms with Gasteiger partial charge in [-0.2, -0.15) is 0 Å². The van der Waals surface area contributed by atoms with Gasteiger partial charge in [-0.1, -0.05) is 19.1 Å². The van der Waals surface area contributed by atoms with Crippen LogP contribution >= 0.6 is 0 Å². The topological polar surface area (TPSA) is 20.2 Å². The van der Waals surface area contributed by atoms with Crippen LogP contribution < -0.4 is 0 Å². The largest absolute Gasteiger partial charge is 0.390 e. The number of hydrogen-bond donors (Lipinski definition) is 1. The SMILES string of the molecule is C=C(C)[C@@H]1CC[C@](C)(O)[C@@H]1C. The van der Waals surface area contributed by atoms with Gasteiger partial charge in [-0.3, -0.25) is 0 Å². The van der Waals surface area contributed by atoms with E-state index in [0.29, 0.717) is 11.8 Å². The van der Waals surface area contributed by atoms with Crippen LogP contribution in [0.5, 0.6) is 0 Å². The highest BCUT2D eigenvalue weighted by Crippen LogP contribution is 2.42. The summed E-state index contributed by atoms with van der Waals surface area (Å²) in [7, 11) is 0. The molecular formula is C10H18O. The molecule has 0 radical (unpaired) electrons. The van der Waals surface area contributed by atoms with Crippen LogP contribution in [0.1, 0.15) is 33.6 Å². The van der Waals surface area contributed by atoms with Crippen LogP contribution in [0.3, 0.4) is 0 Å². The second kappa shape index (κ2) is 2.63. The van der Waals surface area contributed by atoms with Crippen LogP contribution in [0.15, 0.2) is 12.2 Å². The third kappa shape index (κ3) is 1.48. The molecule has 0 bridgehead atoms. The Kier molecular flexibility index (Phi) is 2.10. The molecule has 0 unspecified atom stereocenters. The molecule has 1 aliphatic rings. The van der Waals surface area contributed by atoms with E-state index in [1.54, 1.807) is 0 Å².